The van der Waals surface area contributed by atoms with Gasteiger partial charge in [0.15, 0.2) is 0 Å². The molecule has 1 rings (SSSR count). The lowest BCUT2D eigenvalue weighted by molar-refractivity contribution is -0.146. The maximum Gasteiger partial charge on any atom is 0.307 e. The first-order chi connectivity index (χ1) is 8.31. The second-order valence-corrected chi connectivity index (χ2v) is 6.04. The number of carbonyl (C=O) groups is 2. The van der Waals surface area contributed by atoms with Crippen molar-refractivity contribution in [2.75, 3.05) is 0 Å². The number of carboxylic acid groups (broad SMARTS) is 1. The summed E-state index contributed by atoms with van der Waals surface area (Å²) < 4.78 is 0. The summed E-state index contributed by atoms with van der Waals surface area (Å²) in [5.74, 6) is -0.893. The highest BCUT2D eigenvalue weighted by Crippen LogP contribution is 2.28. The van der Waals surface area contributed by atoms with Gasteiger partial charge < -0.3 is 10.4 Å². The monoisotopic (exact) mass is 255 g/mol. The van der Waals surface area contributed by atoms with Crippen LogP contribution in [0.3, 0.4) is 0 Å². The van der Waals surface area contributed by atoms with Crippen molar-refractivity contribution < 1.29 is 14.7 Å². The van der Waals surface area contributed by atoms with Crippen molar-refractivity contribution in [1.29, 1.82) is 0 Å². The number of carboxylic acids is 1. The molecule has 2 N–H and O–H groups in total. The predicted octanol–water partition coefficient (Wildman–Crippen LogP) is 2.28. The van der Waals surface area contributed by atoms with E-state index in [2.05, 4.69) is 19.2 Å². The van der Waals surface area contributed by atoms with E-state index in [9.17, 15) is 9.59 Å². The minimum Gasteiger partial charge on any atom is -0.481 e. The molecule has 0 aromatic heterocycles. The van der Waals surface area contributed by atoms with Crippen molar-refractivity contribution in [3.8, 4) is 0 Å². The van der Waals surface area contributed by atoms with E-state index in [0.717, 1.165) is 12.8 Å². The zero-order chi connectivity index (χ0) is 13.9. The molecule has 4 unspecified atom stereocenters. The topological polar surface area (TPSA) is 66.4 Å². The van der Waals surface area contributed by atoms with Crippen LogP contribution in [-0.4, -0.2) is 23.0 Å². The molecular formula is C14H25NO3. The van der Waals surface area contributed by atoms with Gasteiger partial charge in [-0.25, -0.2) is 0 Å². The zero-order valence-corrected chi connectivity index (χ0v) is 11.8. The molecular weight excluding hydrogens is 230 g/mol. The zero-order valence-electron chi connectivity index (χ0n) is 11.8. The normalized spacial score (nSPS) is 31.4. The average molecular weight is 255 g/mol. The molecule has 104 valence electrons. The number of rotatable bonds is 4. The van der Waals surface area contributed by atoms with Crippen molar-refractivity contribution in [2.45, 2.75) is 53.0 Å². The molecule has 4 heteroatoms. The van der Waals surface area contributed by atoms with Gasteiger partial charge in [0.05, 0.1) is 5.92 Å². The van der Waals surface area contributed by atoms with Gasteiger partial charge in [0.1, 0.15) is 0 Å². The van der Waals surface area contributed by atoms with E-state index < -0.39 is 17.8 Å². The fourth-order valence-corrected chi connectivity index (χ4v) is 2.84. The third-order valence-electron chi connectivity index (χ3n) is 4.08. The molecule has 0 aromatic rings. The number of hydrogen-bond acceptors (Lipinski definition) is 2. The Bertz CT molecular complexity index is 306. The quantitative estimate of drug-likeness (QED) is 0.810. The maximum atomic E-state index is 12.0. The highest BCUT2D eigenvalue weighted by molar-refractivity contribution is 5.84. The Morgan fingerprint density at radius 2 is 1.56 bits per heavy atom. The average Bonchev–Trinajstić information content (AvgIpc) is 2.25. The van der Waals surface area contributed by atoms with Gasteiger partial charge in [0.2, 0.25) is 5.91 Å². The molecule has 0 aliphatic heterocycles. The Labute approximate surface area is 109 Å². The second-order valence-electron chi connectivity index (χ2n) is 6.04. The predicted molar refractivity (Wildman–Crippen MR) is 70.1 cm³/mol. The van der Waals surface area contributed by atoms with Gasteiger partial charge in [0.25, 0.3) is 0 Å². The van der Waals surface area contributed by atoms with Crippen LogP contribution in [0.2, 0.25) is 0 Å². The summed E-state index contributed by atoms with van der Waals surface area (Å²) in [5.41, 5.74) is 0. The molecule has 1 fully saturated rings. The Balaban J connectivity index is 2.51. The minimum absolute atomic E-state index is 0.129. The molecule has 1 amide bonds. The Kier molecular flexibility index (Phi) is 5.17. The summed E-state index contributed by atoms with van der Waals surface area (Å²) in [6.07, 6.45) is 3.22. The summed E-state index contributed by atoms with van der Waals surface area (Å²) in [6, 6.07) is 0.208. The first-order valence-electron chi connectivity index (χ1n) is 6.84. The van der Waals surface area contributed by atoms with Crippen LogP contribution in [0.15, 0.2) is 0 Å². The fourth-order valence-electron chi connectivity index (χ4n) is 2.84. The molecule has 0 aromatic carbocycles. The highest BCUT2D eigenvalue weighted by atomic mass is 16.4. The van der Waals surface area contributed by atoms with E-state index in [1.165, 1.54) is 6.42 Å². The van der Waals surface area contributed by atoms with Gasteiger partial charge in [-0.2, -0.15) is 0 Å². The Hall–Kier alpha value is -1.06. The fraction of sp³-hybridized carbons (Fsp3) is 0.857. The Morgan fingerprint density at radius 3 is 2.00 bits per heavy atom. The van der Waals surface area contributed by atoms with E-state index in [1.54, 1.807) is 13.8 Å². The van der Waals surface area contributed by atoms with Crippen LogP contribution in [0.1, 0.15) is 47.0 Å². The van der Waals surface area contributed by atoms with Crippen LogP contribution in [-0.2, 0) is 9.59 Å². The number of carbonyl (C=O) groups excluding carboxylic acids is 1. The van der Waals surface area contributed by atoms with E-state index in [0.29, 0.717) is 11.8 Å². The maximum absolute atomic E-state index is 12.0. The van der Waals surface area contributed by atoms with E-state index >= 15 is 0 Å². The molecule has 0 saturated heterocycles. The summed E-state index contributed by atoms with van der Waals surface area (Å²) in [4.78, 5) is 22.9. The van der Waals surface area contributed by atoms with Crippen LogP contribution in [0.25, 0.3) is 0 Å². The minimum atomic E-state index is -0.914. The number of amides is 1. The smallest absolute Gasteiger partial charge is 0.307 e. The molecule has 0 heterocycles. The van der Waals surface area contributed by atoms with Gasteiger partial charge in [-0.05, 0) is 31.1 Å². The largest absolute Gasteiger partial charge is 0.481 e. The van der Waals surface area contributed by atoms with Gasteiger partial charge >= 0.3 is 5.97 Å². The van der Waals surface area contributed by atoms with Crippen LogP contribution < -0.4 is 5.32 Å². The van der Waals surface area contributed by atoms with Crippen molar-refractivity contribution in [3.05, 3.63) is 0 Å². The van der Waals surface area contributed by atoms with E-state index in [4.69, 9.17) is 5.11 Å². The van der Waals surface area contributed by atoms with Crippen molar-refractivity contribution in [1.82, 2.24) is 5.32 Å². The molecule has 1 aliphatic rings. The van der Waals surface area contributed by atoms with Gasteiger partial charge in [-0.1, -0.05) is 27.7 Å². The van der Waals surface area contributed by atoms with Gasteiger partial charge in [-0.3, -0.25) is 9.59 Å². The first kappa shape index (κ1) is 15.0. The van der Waals surface area contributed by atoms with Gasteiger partial charge in [-0.15, -0.1) is 0 Å². The lowest BCUT2D eigenvalue weighted by Gasteiger charge is -2.32. The van der Waals surface area contributed by atoms with Crippen LogP contribution in [0.5, 0.6) is 0 Å². The summed E-state index contributed by atoms with van der Waals surface area (Å²) in [5, 5.41) is 11.9. The van der Waals surface area contributed by atoms with Crippen LogP contribution >= 0.6 is 0 Å². The van der Waals surface area contributed by atoms with E-state index in [-0.39, 0.29) is 11.9 Å². The van der Waals surface area contributed by atoms with Gasteiger partial charge in [0, 0.05) is 12.0 Å². The standard InChI is InChI=1S/C14H25NO3/c1-8-5-9(2)7-12(6-8)15-13(16)10(3)11(4)14(17)18/h8-12H,5-7H2,1-4H3,(H,15,16)(H,17,18). The molecule has 4 atom stereocenters. The summed E-state index contributed by atoms with van der Waals surface area (Å²) in [7, 11) is 0. The van der Waals surface area contributed by atoms with Crippen molar-refractivity contribution >= 4 is 11.9 Å². The second kappa shape index (κ2) is 6.21. The van der Waals surface area contributed by atoms with Crippen molar-refractivity contribution in [2.24, 2.45) is 23.7 Å². The molecule has 1 saturated carbocycles. The molecule has 4 nitrogen and oxygen atoms in total. The first-order valence-corrected chi connectivity index (χ1v) is 6.84. The molecule has 0 bridgehead atoms. The number of nitrogens with one attached hydrogen (secondary N) is 1. The van der Waals surface area contributed by atoms with E-state index in [1.807, 2.05) is 0 Å². The van der Waals surface area contributed by atoms with Crippen LogP contribution in [0.4, 0.5) is 0 Å². The lowest BCUT2D eigenvalue weighted by Crippen LogP contribution is -2.44. The number of aliphatic carboxylic acids is 1. The van der Waals surface area contributed by atoms with Crippen LogP contribution in [0, 0.1) is 23.7 Å². The Morgan fingerprint density at radius 1 is 1.06 bits per heavy atom. The molecule has 0 radical (unpaired) electrons. The SMILES string of the molecule is CC1CC(C)CC(NC(=O)C(C)C(C)C(=O)O)C1. The lowest BCUT2D eigenvalue weighted by atomic mass is 9.80. The van der Waals surface area contributed by atoms with Crippen molar-refractivity contribution in [3.63, 3.8) is 0 Å². The molecule has 1 aliphatic carbocycles. The molecule has 18 heavy (non-hydrogen) atoms. The highest BCUT2D eigenvalue weighted by Gasteiger charge is 2.30. The third kappa shape index (κ3) is 4.00. The third-order valence-corrected chi connectivity index (χ3v) is 4.08. The number of hydrogen-bond donors (Lipinski definition) is 2. The summed E-state index contributed by atoms with van der Waals surface area (Å²) >= 11 is 0. The summed E-state index contributed by atoms with van der Waals surface area (Å²) in [6.45, 7) is 7.68. The molecule has 0 spiro atoms.